The minimum atomic E-state index is -0.419. The van der Waals surface area contributed by atoms with Crippen molar-refractivity contribution in [3.05, 3.63) is 67.7 Å². The van der Waals surface area contributed by atoms with Crippen LogP contribution >= 0.6 is 43.2 Å². The summed E-state index contributed by atoms with van der Waals surface area (Å²) in [5, 5.41) is 2.69. The fraction of sp³-hybridized carbons (Fsp3) is 0. The average Bonchev–Trinajstić information content (AvgIpc) is 2.86. The fourth-order valence-electron chi connectivity index (χ4n) is 2.01. The van der Waals surface area contributed by atoms with Crippen molar-refractivity contribution in [2.45, 2.75) is 0 Å². The second kappa shape index (κ2) is 5.39. The Hall–Kier alpha value is -1.04. The highest BCUT2D eigenvalue weighted by atomic mass is 79.9. The molecule has 0 amide bonds. The Kier molecular flexibility index (Phi) is 3.75. The van der Waals surface area contributed by atoms with Crippen molar-refractivity contribution in [2.24, 2.45) is 0 Å². The van der Waals surface area contributed by atoms with E-state index in [1.54, 1.807) is 6.07 Å². The third-order valence-corrected chi connectivity index (χ3v) is 5.61. The quantitative estimate of drug-likeness (QED) is 0.485. The maximum atomic E-state index is 13.3. The first-order valence-corrected chi connectivity index (χ1v) is 8.20. The molecule has 0 aliphatic rings. The Bertz CT molecular complexity index is 826. The third kappa shape index (κ3) is 2.34. The van der Waals surface area contributed by atoms with Crippen molar-refractivity contribution in [1.29, 1.82) is 0 Å². The second-order valence-electron chi connectivity index (χ2n) is 4.22. The SMILES string of the molecule is O=C(c1cc(F)ccc1Br)c1csc2c(Br)cccc12. The van der Waals surface area contributed by atoms with E-state index in [4.69, 9.17) is 0 Å². The lowest BCUT2D eigenvalue weighted by atomic mass is 10.0. The number of hydrogen-bond donors (Lipinski definition) is 0. The Labute approximate surface area is 135 Å². The number of fused-ring (bicyclic) bond motifs is 1. The van der Waals surface area contributed by atoms with Crippen molar-refractivity contribution < 1.29 is 9.18 Å². The molecule has 0 atom stereocenters. The highest BCUT2D eigenvalue weighted by molar-refractivity contribution is 9.11. The van der Waals surface area contributed by atoms with Crippen LogP contribution in [0.3, 0.4) is 0 Å². The van der Waals surface area contributed by atoms with E-state index >= 15 is 0 Å². The summed E-state index contributed by atoms with van der Waals surface area (Å²) in [5.74, 6) is -0.599. The number of ketones is 1. The van der Waals surface area contributed by atoms with Crippen LogP contribution in [0.25, 0.3) is 10.1 Å². The van der Waals surface area contributed by atoms with Gasteiger partial charge in [0.25, 0.3) is 0 Å². The Morgan fingerprint density at radius 2 is 1.85 bits per heavy atom. The average molecular weight is 414 g/mol. The summed E-state index contributed by atoms with van der Waals surface area (Å²) in [7, 11) is 0. The van der Waals surface area contributed by atoms with E-state index in [0.29, 0.717) is 15.6 Å². The first kappa shape index (κ1) is 13.9. The van der Waals surface area contributed by atoms with Crippen LogP contribution in [0, 0.1) is 5.82 Å². The lowest BCUT2D eigenvalue weighted by molar-refractivity contribution is 0.103. The van der Waals surface area contributed by atoms with Crippen LogP contribution in [0.2, 0.25) is 0 Å². The molecule has 0 N–H and O–H groups in total. The lowest BCUT2D eigenvalue weighted by Gasteiger charge is -2.03. The van der Waals surface area contributed by atoms with Crippen LogP contribution in [0.1, 0.15) is 15.9 Å². The number of halogens is 3. The number of rotatable bonds is 2. The normalized spacial score (nSPS) is 10.9. The summed E-state index contributed by atoms with van der Waals surface area (Å²) in [5.41, 5.74) is 0.933. The van der Waals surface area contributed by atoms with Gasteiger partial charge in [-0.1, -0.05) is 28.1 Å². The topological polar surface area (TPSA) is 17.1 Å². The molecule has 0 radical (unpaired) electrons. The molecule has 1 aromatic heterocycles. The molecular weight excluding hydrogens is 407 g/mol. The van der Waals surface area contributed by atoms with E-state index in [0.717, 1.165) is 14.6 Å². The molecular formula is C15H7Br2FOS. The van der Waals surface area contributed by atoms with Gasteiger partial charge in [-0.15, -0.1) is 11.3 Å². The summed E-state index contributed by atoms with van der Waals surface area (Å²) >= 11 is 8.27. The van der Waals surface area contributed by atoms with Crippen LogP contribution < -0.4 is 0 Å². The van der Waals surface area contributed by atoms with Gasteiger partial charge in [-0.05, 0) is 40.2 Å². The Morgan fingerprint density at radius 1 is 1.05 bits per heavy atom. The molecule has 100 valence electrons. The van der Waals surface area contributed by atoms with E-state index < -0.39 is 5.82 Å². The predicted octanol–water partition coefficient (Wildman–Crippen LogP) is 5.80. The number of hydrogen-bond acceptors (Lipinski definition) is 2. The van der Waals surface area contributed by atoms with Gasteiger partial charge in [0.1, 0.15) is 5.82 Å². The van der Waals surface area contributed by atoms with Gasteiger partial charge in [-0.25, -0.2) is 4.39 Å². The van der Waals surface area contributed by atoms with Gasteiger partial charge < -0.3 is 0 Å². The van der Waals surface area contributed by atoms with Crippen molar-refractivity contribution in [2.75, 3.05) is 0 Å². The molecule has 0 unspecified atom stereocenters. The molecule has 3 aromatic rings. The van der Waals surface area contributed by atoms with Crippen molar-refractivity contribution in [1.82, 2.24) is 0 Å². The highest BCUT2D eigenvalue weighted by Crippen LogP contribution is 2.34. The number of carbonyl (C=O) groups is 1. The molecule has 0 aliphatic carbocycles. The summed E-state index contributed by atoms with van der Waals surface area (Å²) in [4.78, 5) is 12.6. The minimum Gasteiger partial charge on any atom is -0.289 e. The molecule has 0 saturated heterocycles. The van der Waals surface area contributed by atoms with Crippen LogP contribution in [-0.2, 0) is 0 Å². The van der Waals surface area contributed by atoms with Crippen LogP contribution in [-0.4, -0.2) is 5.78 Å². The molecule has 0 bridgehead atoms. The third-order valence-electron chi connectivity index (χ3n) is 2.97. The molecule has 0 fully saturated rings. The molecule has 3 rings (SSSR count). The van der Waals surface area contributed by atoms with E-state index in [1.807, 2.05) is 23.6 Å². The zero-order valence-corrected chi connectivity index (χ0v) is 14.0. The van der Waals surface area contributed by atoms with Crippen LogP contribution in [0.4, 0.5) is 4.39 Å². The lowest BCUT2D eigenvalue weighted by Crippen LogP contribution is -2.02. The largest absolute Gasteiger partial charge is 0.289 e. The maximum absolute atomic E-state index is 13.3. The first-order valence-electron chi connectivity index (χ1n) is 5.73. The van der Waals surface area contributed by atoms with E-state index in [-0.39, 0.29) is 5.78 Å². The van der Waals surface area contributed by atoms with E-state index in [1.165, 1.54) is 23.5 Å². The molecule has 1 nitrogen and oxygen atoms in total. The number of thiophene rings is 1. The molecule has 0 spiro atoms. The van der Waals surface area contributed by atoms with Gasteiger partial charge in [0.2, 0.25) is 0 Å². The zero-order valence-electron chi connectivity index (χ0n) is 9.99. The smallest absolute Gasteiger partial charge is 0.195 e. The Balaban J connectivity index is 2.18. The molecule has 5 heteroatoms. The molecule has 0 aliphatic heterocycles. The fourth-order valence-corrected chi connectivity index (χ4v) is 4.04. The maximum Gasteiger partial charge on any atom is 0.195 e. The van der Waals surface area contributed by atoms with Gasteiger partial charge >= 0.3 is 0 Å². The zero-order chi connectivity index (χ0) is 14.3. The van der Waals surface area contributed by atoms with Gasteiger partial charge in [0.05, 0.1) is 0 Å². The summed E-state index contributed by atoms with van der Waals surface area (Å²) in [6.07, 6.45) is 0. The summed E-state index contributed by atoms with van der Waals surface area (Å²) in [6.45, 7) is 0. The molecule has 1 heterocycles. The molecule has 2 aromatic carbocycles. The van der Waals surface area contributed by atoms with Crippen molar-refractivity contribution in [3.63, 3.8) is 0 Å². The molecule has 0 saturated carbocycles. The predicted molar refractivity (Wildman–Crippen MR) is 87.1 cm³/mol. The van der Waals surface area contributed by atoms with Crippen LogP contribution in [0.5, 0.6) is 0 Å². The number of benzene rings is 2. The second-order valence-corrected chi connectivity index (χ2v) is 6.81. The van der Waals surface area contributed by atoms with Crippen LogP contribution in [0.15, 0.2) is 50.7 Å². The van der Waals surface area contributed by atoms with Gasteiger partial charge in [0.15, 0.2) is 5.78 Å². The van der Waals surface area contributed by atoms with E-state index in [2.05, 4.69) is 31.9 Å². The minimum absolute atomic E-state index is 0.180. The van der Waals surface area contributed by atoms with Gasteiger partial charge in [-0.3, -0.25) is 4.79 Å². The standard InChI is InChI=1S/C15H7Br2FOS/c16-12-5-4-8(18)6-10(12)14(19)11-7-20-15-9(11)2-1-3-13(15)17/h1-7H. The van der Waals surface area contributed by atoms with Crippen molar-refractivity contribution >= 4 is 59.1 Å². The summed E-state index contributed by atoms with van der Waals surface area (Å²) < 4.78 is 15.9. The first-order chi connectivity index (χ1) is 9.58. The van der Waals surface area contributed by atoms with Gasteiger partial charge in [-0.2, -0.15) is 0 Å². The molecule has 20 heavy (non-hydrogen) atoms. The summed E-state index contributed by atoms with van der Waals surface area (Å²) in [6, 6.07) is 9.85. The Morgan fingerprint density at radius 3 is 2.65 bits per heavy atom. The van der Waals surface area contributed by atoms with Gasteiger partial charge in [0, 0.05) is 35.5 Å². The highest BCUT2D eigenvalue weighted by Gasteiger charge is 2.18. The number of carbonyl (C=O) groups excluding carboxylic acids is 1. The van der Waals surface area contributed by atoms with Crippen molar-refractivity contribution in [3.8, 4) is 0 Å². The van der Waals surface area contributed by atoms with E-state index in [9.17, 15) is 9.18 Å². The monoisotopic (exact) mass is 412 g/mol.